The quantitative estimate of drug-likeness (QED) is 0.836. The summed E-state index contributed by atoms with van der Waals surface area (Å²) in [5.74, 6) is -6.01. The molecule has 0 saturated carbocycles. The van der Waals surface area contributed by atoms with Gasteiger partial charge in [0.2, 0.25) is 10.0 Å². The molecule has 5 nitrogen and oxygen atoms in total. The lowest BCUT2D eigenvalue weighted by Crippen LogP contribution is -2.41. The third-order valence-electron chi connectivity index (χ3n) is 2.40. The molecular weight excluding hydrogens is 299 g/mol. The average Bonchev–Trinajstić information content (AvgIpc) is 2.25. The van der Waals surface area contributed by atoms with E-state index in [1.54, 1.807) is 11.6 Å². The van der Waals surface area contributed by atoms with Crippen molar-refractivity contribution in [1.29, 1.82) is 0 Å². The number of sulfonamides is 1. The van der Waals surface area contributed by atoms with Crippen LogP contribution in [0.5, 0.6) is 0 Å². The summed E-state index contributed by atoms with van der Waals surface area (Å²) in [7, 11) is -4.75. The maximum atomic E-state index is 13.4. The summed E-state index contributed by atoms with van der Waals surface area (Å²) < 4.78 is 64.8. The van der Waals surface area contributed by atoms with Crippen LogP contribution >= 0.6 is 0 Å². The van der Waals surface area contributed by atoms with Crippen LogP contribution in [0.1, 0.15) is 19.8 Å². The van der Waals surface area contributed by atoms with Gasteiger partial charge in [0.05, 0.1) is 0 Å². The predicted molar refractivity (Wildman–Crippen MR) is 63.0 cm³/mol. The second kappa shape index (κ2) is 6.23. The van der Waals surface area contributed by atoms with Crippen molar-refractivity contribution in [1.82, 2.24) is 4.72 Å². The molecule has 0 heterocycles. The normalized spacial score (nSPS) is 13.2. The van der Waals surface area contributed by atoms with Gasteiger partial charge in [-0.05, 0) is 6.42 Å². The van der Waals surface area contributed by atoms with E-state index >= 15 is 0 Å². The molecule has 1 aromatic carbocycles. The van der Waals surface area contributed by atoms with Gasteiger partial charge in [-0.1, -0.05) is 13.3 Å². The Morgan fingerprint density at radius 2 is 1.80 bits per heavy atom. The maximum absolute atomic E-state index is 13.4. The van der Waals surface area contributed by atoms with Gasteiger partial charge in [0.1, 0.15) is 23.5 Å². The fraction of sp³-hybridized carbons (Fsp3) is 0.364. The number of carbonyl (C=O) groups is 1. The van der Waals surface area contributed by atoms with E-state index < -0.39 is 44.4 Å². The van der Waals surface area contributed by atoms with E-state index in [2.05, 4.69) is 0 Å². The first-order valence-corrected chi connectivity index (χ1v) is 7.07. The van der Waals surface area contributed by atoms with E-state index in [0.717, 1.165) is 0 Å². The van der Waals surface area contributed by atoms with Gasteiger partial charge < -0.3 is 5.11 Å². The van der Waals surface area contributed by atoms with Crippen LogP contribution < -0.4 is 4.72 Å². The fourth-order valence-electron chi connectivity index (χ4n) is 1.55. The van der Waals surface area contributed by atoms with Crippen LogP contribution in [0.3, 0.4) is 0 Å². The summed E-state index contributed by atoms with van der Waals surface area (Å²) in [5, 5.41) is 8.82. The Kier molecular flexibility index (Phi) is 5.12. The van der Waals surface area contributed by atoms with Crippen LogP contribution in [0.25, 0.3) is 0 Å². The predicted octanol–water partition coefficient (Wildman–Crippen LogP) is 1.64. The highest BCUT2D eigenvalue weighted by Crippen LogP contribution is 2.20. The maximum Gasteiger partial charge on any atom is 0.321 e. The van der Waals surface area contributed by atoms with Crippen LogP contribution in [-0.2, 0) is 14.8 Å². The minimum Gasteiger partial charge on any atom is -0.480 e. The zero-order chi connectivity index (χ0) is 15.5. The lowest BCUT2D eigenvalue weighted by Gasteiger charge is -2.14. The van der Waals surface area contributed by atoms with Gasteiger partial charge in [0, 0.05) is 12.1 Å². The smallest absolute Gasteiger partial charge is 0.321 e. The van der Waals surface area contributed by atoms with Gasteiger partial charge >= 0.3 is 5.97 Å². The molecule has 0 saturated heterocycles. The molecular formula is C11H12F3NO4S. The van der Waals surface area contributed by atoms with Gasteiger partial charge in [0.25, 0.3) is 0 Å². The van der Waals surface area contributed by atoms with Crippen LogP contribution in [0, 0.1) is 17.5 Å². The molecule has 112 valence electrons. The van der Waals surface area contributed by atoms with Crippen molar-refractivity contribution in [3.05, 3.63) is 29.6 Å². The summed E-state index contributed by atoms with van der Waals surface area (Å²) in [6, 6.07) is -1.12. The van der Waals surface area contributed by atoms with Crippen LogP contribution in [0.15, 0.2) is 17.0 Å². The second-order valence-corrected chi connectivity index (χ2v) is 5.65. The van der Waals surface area contributed by atoms with Crippen molar-refractivity contribution >= 4 is 16.0 Å². The van der Waals surface area contributed by atoms with E-state index in [0.29, 0.717) is 6.42 Å². The van der Waals surface area contributed by atoms with E-state index in [1.165, 1.54) is 0 Å². The third kappa shape index (κ3) is 3.70. The van der Waals surface area contributed by atoms with E-state index in [4.69, 9.17) is 5.11 Å². The zero-order valence-corrected chi connectivity index (χ0v) is 11.2. The summed E-state index contributed by atoms with van der Waals surface area (Å²) in [6.45, 7) is 1.61. The molecule has 0 amide bonds. The molecule has 0 bridgehead atoms. The van der Waals surface area contributed by atoms with Crippen LogP contribution in [0.2, 0.25) is 0 Å². The van der Waals surface area contributed by atoms with E-state index in [9.17, 15) is 26.4 Å². The monoisotopic (exact) mass is 311 g/mol. The molecule has 0 unspecified atom stereocenters. The van der Waals surface area contributed by atoms with Gasteiger partial charge in [-0.2, -0.15) is 4.72 Å². The van der Waals surface area contributed by atoms with E-state index in [1.807, 2.05) is 0 Å². The number of aliphatic carboxylic acids is 1. The number of hydrogen-bond acceptors (Lipinski definition) is 3. The van der Waals surface area contributed by atoms with Gasteiger partial charge in [-0.15, -0.1) is 0 Å². The first kappa shape index (κ1) is 16.4. The van der Waals surface area contributed by atoms with Gasteiger partial charge in [-0.3, -0.25) is 4.79 Å². The molecule has 1 aromatic rings. The van der Waals surface area contributed by atoms with Crippen molar-refractivity contribution in [2.75, 3.05) is 0 Å². The van der Waals surface area contributed by atoms with Crippen molar-refractivity contribution < 1.29 is 31.5 Å². The molecule has 0 spiro atoms. The van der Waals surface area contributed by atoms with Crippen molar-refractivity contribution in [2.45, 2.75) is 30.7 Å². The Bertz CT molecular complexity index is 595. The first-order chi connectivity index (χ1) is 9.19. The fourth-order valence-corrected chi connectivity index (χ4v) is 2.90. The number of benzene rings is 1. The largest absolute Gasteiger partial charge is 0.480 e. The molecule has 0 aliphatic heterocycles. The van der Waals surface area contributed by atoms with Crippen molar-refractivity contribution in [3.63, 3.8) is 0 Å². The Morgan fingerprint density at radius 3 is 2.20 bits per heavy atom. The highest BCUT2D eigenvalue weighted by molar-refractivity contribution is 7.89. The molecule has 20 heavy (non-hydrogen) atoms. The Hall–Kier alpha value is -1.61. The highest BCUT2D eigenvalue weighted by atomic mass is 32.2. The standard InChI is InChI=1S/C11H12F3NO4S/c1-2-3-9(11(16)17)15-20(18,19)10-7(13)4-6(12)5-8(10)14/h4-5,9,15H,2-3H2,1H3,(H,16,17)/t9-/m1/s1. The summed E-state index contributed by atoms with van der Waals surface area (Å²) in [5.41, 5.74) is 0. The molecule has 0 fully saturated rings. The van der Waals surface area contributed by atoms with E-state index in [-0.39, 0.29) is 18.6 Å². The molecule has 0 aliphatic rings. The van der Waals surface area contributed by atoms with Crippen LogP contribution in [-0.4, -0.2) is 25.5 Å². The van der Waals surface area contributed by atoms with Crippen molar-refractivity contribution in [3.8, 4) is 0 Å². The van der Waals surface area contributed by atoms with Gasteiger partial charge in [-0.25, -0.2) is 21.6 Å². The number of halogens is 3. The number of carboxylic acid groups (broad SMARTS) is 1. The van der Waals surface area contributed by atoms with Crippen LogP contribution in [0.4, 0.5) is 13.2 Å². The Labute approximate surface area is 113 Å². The number of hydrogen-bond donors (Lipinski definition) is 2. The first-order valence-electron chi connectivity index (χ1n) is 5.58. The Morgan fingerprint density at radius 1 is 1.30 bits per heavy atom. The van der Waals surface area contributed by atoms with Crippen molar-refractivity contribution in [2.24, 2.45) is 0 Å². The summed E-state index contributed by atoms with van der Waals surface area (Å²) in [4.78, 5) is 9.45. The number of rotatable bonds is 6. The summed E-state index contributed by atoms with van der Waals surface area (Å²) in [6.07, 6.45) is 0.285. The lowest BCUT2D eigenvalue weighted by atomic mass is 10.2. The van der Waals surface area contributed by atoms with Gasteiger partial charge in [0.15, 0.2) is 4.90 Å². The molecule has 2 N–H and O–H groups in total. The zero-order valence-electron chi connectivity index (χ0n) is 10.4. The average molecular weight is 311 g/mol. The topological polar surface area (TPSA) is 83.5 Å². The third-order valence-corrected chi connectivity index (χ3v) is 3.93. The lowest BCUT2D eigenvalue weighted by molar-refractivity contribution is -0.139. The molecule has 1 rings (SSSR count). The molecule has 0 aliphatic carbocycles. The Balaban J connectivity index is 3.20. The second-order valence-electron chi connectivity index (χ2n) is 4.00. The molecule has 0 aromatic heterocycles. The number of nitrogens with one attached hydrogen (secondary N) is 1. The minimum absolute atomic E-state index is 0.0566. The molecule has 1 atom stereocenters. The summed E-state index contributed by atoms with van der Waals surface area (Å²) >= 11 is 0. The SMILES string of the molecule is CCC[C@@H](NS(=O)(=O)c1c(F)cc(F)cc1F)C(=O)O. The minimum atomic E-state index is -4.75. The highest BCUT2D eigenvalue weighted by Gasteiger charge is 2.30. The molecule has 9 heteroatoms. The molecule has 0 radical (unpaired) electrons. The number of carboxylic acids is 1.